The monoisotopic (exact) mass is 317 g/mol. The summed E-state index contributed by atoms with van der Waals surface area (Å²) in [4.78, 5) is 21.9. The zero-order valence-corrected chi connectivity index (χ0v) is 11.2. The summed E-state index contributed by atoms with van der Waals surface area (Å²) in [6.45, 7) is 0.326. The van der Waals surface area contributed by atoms with E-state index in [0.717, 1.165) is 0 Å². The highest BCUT2D eigenvalue weighted by Gasteiger charge is 2.14. The summed E-state index contributed by atoms with van der Waals surface area (Å²) in [5.41, 5.74) is -0.0317. The molecule has 0 aliphatic rings. The molecular weight excluding hydrogens is 305 g/mol. The van der Waals surface area contributed by atoms with Crippen molar-refractivity contribution in [2.75, 3.05) is 6.54 Å². The van der Waals surface area contributed by atoms with Gasteiger partial charge in [-0.2, -0.15) is 0 Å². The van der Waals surface area contributed by atoms with Gasteiger partial charge in [-0.15, -0.1) is 0 Å². The van der Waals surface area contributed by atoms with Crippen molar-refractivity contribution in [3.63, 3.8) is 0 Å². The van der Waals surface area contributed by atoms with Crippen molar-refractivity contribution < 1.29 is 19.1 Å². The summed E-state index contributed by atoms with van der Waals surface area (Å²) in [6.07, 6.45) is 1.09. The molecule has 0 heterocycles. The van der Waals surface area contributed by atoms with E-state index in [-0.39, 0.29) is 12.0 Å². The smallest absolute Gasteiger partial charge is 0.303 e. The summed E-state index contributed by atoms with van der Waals surface area (Å²) in [5, 5.41) is 11.0. The van der Waals surface area contributed by atoms with Crippen LogP contribution in [0, 0.1) is 5.82 Å². The second kappa shape index (κ2) is 7.10. The van der Waals surface area contributed by atoms with E-state index in [4.69, 9.17) is 5.11 Å². The quantitative estimate of drug-likeness (QED) is 0.792. The van der Waals surface area contributed by atoms with Gasteiger partial charge in [0.1, 0.15) is 5.82 Å². The molecule has 0 radical (unpaired) electrons. The summed E-state index contributed by atoms with van der Waals surface area (Å²) in [5.74, 6) is -1.96. The van der Waals surface area contributed by atoms with Crippen LogP contribution in [-0.2, 0) is 4.79 Å². The average molecular weight is 318 g/mol. The molecule has 0 fully saturated rings. The molecule has 0 atom stereocenters. The van der Waals surface area contributed by atoms with Gasteiger partial charge in [-0.25, -0.2) is 4.39 Å². The van der Waals surface area contributed by atoms with E-state index in [1.165, 1.54) is 12.1 Å². The van der Waals surface area contributed by atoms with Crippen LogP contribution in [0.15, 0.2) is 22.7 Å². The normalized spacial score (nSPS) is 10.1. The molecule has 1 aromatic carbocycles. The number of carbonyl (C=O) groups excluding carboxylic acids is 1. The molecular formula is C12H13BrFNO3. The van der Waals surface area contributed by atoms with Crippen molar-refractivity contribution in [1.29, 1.82) is 0 Å². The number of aliphatic carboxylic acids is 1. The predicted octanol–water partition coefficient (Wildman–Crippen LogP) is 2.57. The summed E-state index contributed by atoms with van der Waals surface area (Å²) in [6, 6.07) is 4.30. The predicted molar refractivity (Wildman–Crippen MR) is 67.9 cm³/mol. The zero-order chi connectivity index (χ0) is 13.5. The topological polar surface area (TPSA) is 66.4 Å². The number of carbonyl (C=O) groups is 2. The summed E-state index contributed by atoms with van der Waals surface area (Å²) < 4.78 is 13.8. The first-order valence-corrected chi connectivity index (χ1v) is 6.25. The van der Waals surface area contributed by atoms with Crippen LogP contribution >= 0.6 is 15.9 Å². The molecule has 2 N–H and O–H groups in total. The van der Waals surface area contributed by atoms with Crippen LogP contribution in [0.1, 0.15) is 29.6 Å². The number of rotatable bonds is 6. The van der Waals surface area contributed by atoms with Crippen LogP contribution in [0.3, 0.4) is 0 Å². The lowest BCUT2D eigenvalue weighted by Crippen LogP contribution is -2.25. The molecule has 0 aliphatic heterocycles. The Morgan fingerprint density at radius 1 is 1.33 bits per heavy atom. The highest BCUT2D eigenvalue weighted by atomic mass is 79.9. The number of unbranched alkanes of at least 4 members (excludes halogenated alkanes) is 1. The number of nitrogens with one attached hydrogen (secondary N) is 1. The van der Waals surface area contributed by atoms with Crippen LogP contribution in [0.5, 0.6) is 0 Å². The third-order valence-electron chi connectivity index (χ3n) is 2.29. The Morgan fingerprint density at radius 3 is 2.67 bits per heavy atom. The highest BCUT2D eigenvalue weighted by molar-refractivity contribution is 9.10. The fourth-order valence-corrected chi connectivity index (χ4v) is 1.93. The second-order valence-electron chi connectivity index (χ2n) is 3.70. The Morgan fingerprint density at radius 2 is 2.06 bits per heavy atom. The van der Waals surface area contributed by atoms with E-state index in [1.807, 2.05) is 0 Å². The van der Waals surface area contributed by atoms with Crippen molar-refractivity contribution in [2.45, 2.75) is 19.3 Å². The third-order valence-corrected chi connectivity index (χ3v) is 2.95. The Labute approximate surface area is 112 Å². The lowest BCUT2D eigenvalue weighted by molar-refractivity contribution is -0.137. The Balaban J connectivity index is 2.44. The van der Waals surface area contributed by atoms with E-state index in [0.29, 0.717) is 23.9 Å². The highest BCUT2D eigenvalue weighted by Crippen LogP contribution is 2.19. The van der Waals surface area contributed by atoms with Gasteiger partial charge in [-0.1, -0.05) is 6.07 Å². The number of carboxylic acids is 1. The van der Waals surface area contributed by atoms with Crippen molar-refractivity contribution in [1.82, 2.24) is 5.32 Å². The molecule has 0 saturated carbocycles. The molecule has 0 aliphatic carbocycles. The second-order valence-corrected chi connectivity index (χ2v) is 4.56. The van der Waals surface area contributed by atoms with Gasteiger partial charge in [0.25, 0.3) is 5.91 Å². The Hall–Kier alpha value is -1.43. The standard InChI is InChI=1S/C12H13BrFNO3/c13-8-4-3-5-9(14)11(8)12(18)15-7-2-1-6-10(16)17/h3-5H,1-2,6-7H2,(H,15,18)(H,16,17). The van der Waals surface area contributed by atoms with Gasteiger partial charge in [-0.3, -0.25) is 9.59 Å². The molecule has 0 aromatic heterocycles. The van der Waals surface area contributed by atoms with Crippen LogP contribution < -0.4 is 5.32 Å². The van der Waals surface area contributed by atoms with Gasteiger partial charge in [-0.05, 0) is 40.9 Å². The number of hydrogen-bond donors (Lipinski definition) is 2. The molecule has 0 saturated heterocycles. The van der Waals surface area contributed by atoms with Gasteiger partial charge >= 0.3 is 5.97 Å². The minimum absolute atomic E-state index is 0.0317. The minimum Gasteiger partial charge on any atom is -0.481 e. The third kappa shape index (κ3) is 4.44. The number of benzene rings is 1. The lowest BCUT2D eigenvalue weighted by Gasteiger charge is -2.07. The first-order valence-electron chi connectivity index (χ1n) is 5.46. The molecule has 1 rings (SSSR count). The first-order chi connectivity index (χ1) is 8.52. The molecule has 1 amide bonds. The molecule has 0 unspecified atom stereocenters. The maximum atomic E-state index is 13.4. The van der Waals surface area contributed by atoms with Gasteiger partial charge in [0.05, 0.1) is 5.56 Å². The molecule has 6 heteroatoms. The number of halogens is 2. The molecule has 0 spiro atoms. The van der Waals surface area contributed by atoms with Gasteiger partial charge < -0.3 is 10.4 Å². The summed E-state index contributed by atoms with van der Waals surface area (Å²) in [7, 11) is 0. The summed E-state index contributed by atoms with van der Waals surface area (Å²) >= 11 is 3.11. The number of amides is 1. The van der Waals surface area contributed by atoms with Crippen LogP contribution in [0.25, 0.3) is 0 Å². The van der Waals surface area contributed by atoms with E-state index >= 15 is 0 Å². The number of hydrogen-bond acceptors (Lipinski definition) is 2. The van der Waals surface area contributed by atoms with Crippen LogP contribution in [0.4, 0.5) is 4.39 Å². The maximum absolute atomic E-state index is 13.4. The lowest BCUT2D eigenvalue weighted by atomic mass is 10.2. The van der Waals surface area contributed by atoms with Crippen molar-refractivity contribution in [2.24, 2.45) is 0 Å². The van der Waals surface area contributed by atoms with Gasteiger partial charge in [0, 0.05) is 17.4 Å². The van der Waals surface area contributed by atoms with Crippen LogP contribution in [-0.4, -0.2) is 23.5 Å². The van der Waals surface area contributed by atoms with Crippen molar-refractivity contribution >= 4 is 27.8 Å². The largest absolute Gasteiger partial charge is 0.481 e. The van der Waals surface area contributed by atoms with Gasteiger partial charge in [0.2, 0.25) is 0 Å². The Kier molecular flexibility index (Phi) is 5.77. The van der Waals surface area contributed by atoms with Gasteiger partial charge in [0.15, 0.2) is 0 Å². The molecule has 18 heavy (non-hydrogen) atoms. The fourth-order valence-electron chi connectivity index (χ4n) is 1.41. The Bertz CT molecular complexity index is 431. The van der Waals surface area contributed by atoms with Crippen molar-refractivity contribution in [3.05, 3.63) is 34.1 Å². The fraction of sp³-hybridized carbons (Fsp3) is 0.333. The van der Waals surface area contributed by atoms with E-state index in [2.05, 4.69) is 21.2 Å². The SMILES string of the molecule is O=C(O)CCCCNC(=O)c1c(F)cccc1Br. The maximum Gasteiger partial charge on any atom is 0.303 e. The van der Waals surface area contributed by atoms with E-state index in [9.17, 15) is 14.0 Å². The first kappa shape index (κ1) is 14.6. The number of carboxylic acid groups (broad SMARTS) is 1. The van der Waals surface area contributed by atoms with E-state index < -0.39 is 17.7 Å². The van der Waals surface area contributed by atoms with E-state index in [1.54, 1.807) is 6.07 Å². The zero-order valence-electron chi connectivity index (χ0n) is 9.58. The minimum atomic E-state index is -0.863. The van der Waals surface area contributed by atoms with Crippen molar-refractivity contribution in [3.8, 4) is 0 Å². The average Bonchev–Trinajstić information content (AvgIpc) is 2.27. The molecule has 4 nitrogen and oxygen atoms in total. The molecule has 1 aromatic rings. The molecule has 0 bridgehead atoms. The van der Waals surface area contributed by atoms with Crippen LogP contribution in [0.2, 0.25) is 0 Å². The molecule has 98 valence electrons.